The second kappa shape index (κ2) is 14.6. The summed E-state index contributed by atoms with van der Waals surface area (Å²) in [6.07, 6.45) is 0. The molecule has 1 aromatic heterocycles. The fourth-order valence-electron chi connectivity index (χ4n) is 6.39. The van der Waals surface area contributed by atoms with Gasteiger partial charge in [0.2, 0.25) is 5.82 Å². The highest BCUT2D eigenvalue weighted by molar-refractivity contribution is 7.07. The van der Waals surface area contributed by atoms with Gasteiger partial charge in [-0.15, -0.1) is 5.54 Å². The molecule has 0 radical (unpaired) electrons. The molecule has 0 N–H and O–H groups in total. The van der Waals surface area contributed by atoms with Crippen LogP contribution >= 0.6 is 0 Å². The van der Waals surface area contributed by atoms with Gasteiger partial charge in [-0.1, -0.05) is 74.1 Å². The number of para-hydroxylation sites is 1. The summed E-state index contributed by atoms with van der Waals surface area (Å²) in [4.78, 5) is 0. The standard InChI is InChI=1S/C37H25BF15NSi2/c1-54-15-11-9-8-10-14(15)17(16(54)12-13-55(2,3)4)37(56(5,6)7)19(18-22(39)28(45)34(51)29(46)23(18)40)38(20-24(41)30(47)35(52)31(48)25(20)42)21-26(43)32(49)36(53)33(50)27(21)44/h8-11H,1-7H3/b37-19-. The van der Waals surface area contributed by atoms with Gasteiger partial charge in [-0.2, -0.15) is 0 Å². The molecule has 0 unspecified atom stereocenters. The smallest absolute Gasteiger partial charge is 0.258 e. The Bertz CT molecular complexity index is 2440. The van der Waals surface area contributed by atoms with E-state index in [1.54, 1.807) is 19.6 Å². The van der Waals surface area contributed by atoms with Crippen molar-refractivity contribution in [2.75, 3.05) is 0 Å². The molecule has 294 valence electrons. The molecule has 1 nitrogen and oxygen atoms in total. The lowest BCUT2D eigenvalue weighted by Crippen LogP contribution is -2.53. The van der Waals surface area contributed by atoms with Gasteiger partial charge in [0.15, 0.2) is 81.4 Å². The van der Waals surface area contributed by atoms with Gasteiger partial charge in [-0.25, -0.2) is 65.9 Å². The molecule has 1 heterocycles. The summed E-state index contributed by atoms with van der Waals surface area (Å²) < 4.78 is 233. The van der Waals surface area contributed by atoms with Gasteiger partial charge in [0, 0.05) is 40.0 Å². The normalized spacial score (nSPS) is 12.6. The van der Waals surface area contributed by atoms with Crippen LogP contribution in [0, 0.1) is 98.7 Å². The summed E-state index contributed by atoms with van der Waals surface area (Å²) in [7, 11) is -4.93. The minimum Gasteiger partial charge on any atom is -0.337 e. The molecule has 0 fully saturated rings. The molecule has 0 saturated carbocycles. The maximum atomic E-state index is 16.3. The van der Waals surface area contributed by atoms with Crippen molar-refractivity contribution in [1.29, 1.82) is 0 Å². The highest BCUT2D eigenvalue weighted by atomic mass is 28.3. The fraction of sp³-hybridized carbons (Fsp3) is 0.189. The molecule has 19 heteroatoms. The highest BCUT2D eigenvalue weighted by Gasteiger charge is 2.47. The molecule has 0 aliphatic rings. The molecule has 0 spiro atoms. The van der Waals surface area contributed by atoms with E-state index in [9.17, 15) is 13.2 Å². The van der Waals surface area contributed by atoms with Crippen LogP contribution in [0.1, 0.15) is 16.8 Å². The molecule has 0 saturated heterocycles. The first-order chi connectivity index (χ1) is 25.8. The van der Waals surface area contributed by atoms with Gasteiger partial charge in [0.25, 0.3) is 6.71 Å². The summed E-state index contributed by atoms with van der Waals surface area (Å²) in [6, 6.07) is 5.70. The number of rotatable bonds is 6. The van der Waals surface area contributed by atoms with E-state index in [1.165, 1.54) is 55.5 Å². The first-order valence-corrected chi connectivity index (χ1v) is 23.2. The largest absolute Gasteiger partial charge is 0.337 e. The lowest BCUT2D eigenvalue weighted by Gasteiger charge is -2.31. The zero-order chi connectivity index (χ0) is 42.3. The molecule has 0 bridgehead atoms. The van der Waals surface area contributed by atoms with E-state index in [0.29, 0.717) is 0 Å². The van der Waals surface area contributed by atoms with Crippen LogP contribution in [0.3, 0.4) is 0 Å². The van der Waals surface area contributed by atoms with Gasteiger partial charge >= 0.3 is 0 Å². The van der Waals surface area contributed by atoms with Crippen molar-refractivity contribution in [2.45, 2.75) is 39.3 Å². The molecule has 5 rings (SSSR count). The van der Waals surface area contributed by atoms with Crippen LogP contribution in [0.5, 0.6) is 0 Å². The van der Waals surface area contributed by atoms with Gasteiger partial charge in [0.1, 0.15) is 8.07 Å². The summed E-state index contributed by atoms with van der Waals surface area (Å²) in [5.41, 5.74) is -6.13. The molecular weight excluding hydrogens is 810 g/mol. The zero-order valence-electron chi connectivity index (χ0n) is 30.0. The molecular formula is C37H25BF15NSi2. The third kappa shape index (κ3) is 6.73. The van der Waals surface area contributed by atoms with E-state index in [1.807, 2.05) is 0 Å². The Morgan fingerprint density at radius 2 is 0.857 bits per heavy atom. The van der Waals surface area contributed by atoms with Crippen LogP contribution in [-0.4, -0.2) is 27.4 Å². The van der Waals surface area contributed by atoms with Crippen molar-refractivity contribution in [2.24, 2.45) is 7.05 Å². The lowest BCUT2D eigenvalue weighted by molar-refractivity contribution is 0.376. The Morgan fingerprint density at radius 1 is 0.500 bits per heavy atom. The van der Waals surface area contributed by atoms with Crippen molar-refractivity contribution in [3.05, 3.63) is 128 Å². The van der Waals surface area contributed by atoms with Crippen molar-refractivity contribution >= 4 is 55.4 Å². The molecule has 0 amide bonds. The highest BCUT2D eigenvalue weighted by Crippen LogP contribution is 2.44. The SMILES string of the molecule is Cn1c(C#C[Si](C)(C)C)c(/C(=C(/B(c2c(F)c(F)c(F)c(F)c2F)c2c(F)c(F)c(F)c(F)c2F)c2c(F)c(F)c(F)c(F)c2F)[Si](C)(C)C)c2ccccc21. The van der Waals surface area contributed by atoms with Crippen LogP contribution in [0.25, 0.3) is 21.6 Å². The number of fused-ring (bicyclic) bond motifs is 1. The molecule has 0 atom stereocenters. The number of halogens is 15. The van der Waals surface area contributed by atoms with E-state index < -0.39 is 137 Å². The summed E-state index contributed by atoms with van der Waals surface area (Å²) >= 11 is 0. The van der Waals surface area contributed by atoms with Crippen molar-refractivity contribution in [1.82, 2.24) is 4.57 Å². The van der Waals surface area contributed by atoms with E-state index in [-0.39, 0.29) is 22.2 Å². The Hall–Kier alpha value is -4.83. The summed E-state index contributed by atoms with van der Waals surface area (Å²) in [6.45, 7) is 5.48. The Kier molecular flexibility index (Phi) is 11.0. The van der Waals surface area contributed by atoms with Gasteiger partial charge in [-0.05, 0) is 6.07 Å². The topological polar surface area (TPSA) is 4.93 Å². The Balaban J connectivity index is 2.32. The lowest BCUT2D eigenvalue weighted by atomic mass is 9.34. The first kappa shape index (κ1) is 42.3. The summed E-state index contributed by atoms with van der Waals surface area (Å²) in [5, 5.41) is -0.725. The molecule has 5 aromatic rings. The number of benzene rings is 4. The third-order valence-corrected chi connectivity index (χ3v) is 11.7. The molecule has 56 heavy (non-hydrogen) atoms. The predicted octanol–water partition coefficient (Wildman–Crippen LogP) is 10.1. The molecule has 4 aromatic carbocycles. The van der Waals surface area contributed by atoms with Crippen LogP contribution in [0.2, 0.25) is 39.3 Å². The van der Waals surface area contributed by atoms with Crippen LogP contribution in [0.15, 0.2) is 24.3 Å². The number of aryl methyl sites for hydroxylation is 1. The van der Waals surface area contributed by atoms with Crippen molar-refractivity contribution in [3.8, 4) is 11.5 Å². The predicted molar refractivity (Wildman–Crippen MR) is 187 cm³/mol. The van der Waals surface area contributed by atoms with Gasteiger partial charge < -0.3 is 4.57 Å². The minimum absolute atomic E-state index is 0.0160. The molecule has 0 aliphatic carbocycles. The van der Waals surface area contributed by atoms with Crippen LogP contribution < -0.4 is 10.9 Å². The Morgan fingerprint density at radius 3 is 1.23 bits per heavy atom. The van der Waals surface area contributed by atoms with E-state index in [2.05, 4.69) is 11.5 Å². The number of hydrogen-bond donors (Lipinski definition) is 0. The fourth-order valence-corrected chi connectivity index (χ4v) is 8.97. The quantitative estimate of drug-likeness (QED) is 0.0528. The third-order valence-electron chi connectivity index (χ3n) is 8.76. The van der Waals surface area contributed by atoms with Gasteiger partial charge in [-0.3, -0.25) is 0 Å². The Labute approximate surface area is 311 Å². The maximum absolute atomic E-state index is 16.3. The van der Waals surface area contributed by atoms with Crippen molar-refractivity contribution in [3.63, 3.8) is 0 Å². The first-order valence-electron chi connectivity index (χ1n) is 16.2. The van der Waals surface area contributed by atoms with E-state index in [4.69, 9.17) is 0 Å². The second-order valence-corrected chi connectivity index (χ2v) is 24.4. The number of hydrogen-bond acceptors (Lipinski definition) is 0. The monoisotopic (exact) mass is 835 g/mol. The zero-order valence-corrected chi connectivity index (χ0v) is 32.0. The summed E-state index contributed by atoms with van der Waals surface area (Å²) in [5.74, 6) is -40.3. The van der Waals surface area contributed by atoms with Crippen LogP contribution in [-0.2, 0) is 7.05 Å². The molecule has 0 aliphatic heterocycles. The average molecular weight is 836 g/mol. The number of nitrogens with zero attached hydrogens (tertiary/aromatic N) is 1. The van der Waals surface area contributed by atoms with E-state index >= 15 is 52.7 Å². The van der Waals surface area contributed by atoms with Gasteiger partial charge in [0.05, 0.1) is 13.8 Å². The van der Waals surface area contributed by atoms with Crippen LogP contribution in [0.4, 0.5) is 65.9 Å². The maximum Gasteiger partial charge on any atom is 0.258 e. The van der Waals surface area contributed by atoms with Crippen molar-refractivity contribution < 1.29 is 65.9 Å². The second-order valence-electron chi connectivity index (χ2n) is 14.7. The number of aromatic nitrogens is 1. The van der Waals surface area contributed by atoms with E-state index in [0.717, 1.165) is 0 Å². The minimum atomic E-state index is -3.93. The average Bonchev–Trinajstić information content (AvgIpc) is 3.40.